The summed E-state index contributed by atoms with van der Waals surface area (Å²) < 4.78 is 12.5. The van der Waals surface area contributed by atoms with E-state index in [1.165, 1.54) is 5.56 Å². The van der Waals surface area contributed by atoms with Crippen molar-refractivity contribution in [1.82, 2.24) is 5.32 Å². The van der Waals surface area contributed by atoms with Crippen LogP contribution in [0.2, 0.25) is 0 Å². The van der Waals surface area contributed by atoms with Gasteiger partial charge >= 0.3 is 0 Å². The van der Waals surface area contributed by atoms with Crippen molar-refractivity contribution in [2.45, 2.75) is 19.4 Å². The summed E-state index contributed by atoms with van der Waals surface area (Å²) in [5.74, 6) is 1.92. The van der Waals surface area contributed by atoms with Gasteiger partial charge in [-0.25, -0.2) is 0 Å². The van der Waals surface area contributed by atoms with Crippen LogP contribution in [0, 0.1) is 0 Å². The van der Waals surface area contributed by atoms with Crippen LogP contribution in [-0.4, -0.2) is 13.2 Å². The fourth-order valence-corrected chi connectivity index (χ4v) is 3.06. The Hall–Kier alpha value is -1.26. The first-order chi connectivity index (χ1) is 9.29. The zero-order valence-corrected chi connectivity index (χ0v) is 12.4. The highest BCUT2D eigenvalue weighted by Crippen LogP contribution is 2.38. The molecular weight excluding hydrogens is 306 g/mol. The molecule has 0 aliphatic carbocycles. The van der Waals surface area contributed by atoms with E-state index in [1.807, 2.05) is 12.1 Å². The number of rotatable bonds is 4. The average Bonchev–Trinajstić information content (AvgIpc) is 3.05. The number of halogens is 1. The molecule has 0 fully saturated rings. The van der Waals surface area contributed by atoms with Gasteiger partial charge in [0.15, 0.2) is 0 Å². The quantitative estimate of drug-likeness (QED) is 0.932. The largest absolute Gasteiger partial charge is 0.493 e. The van der Waals surface area contributed by atoms with Crippen LogP contribution in [0.25, 0.3) is 0 Å². The van der Waals surface area contributed by atoms with Crippen LogP contribution < -0.4 is 10.1 Å². The molecule has 0 amide bonds. The Bertz CT molecular complexity index is 566. The molecule has 1 atom stereocenters. The van der Waals surface area contributed by atoms with Crippen molar-refractivity contribution in [3.63, 3.8) is 0 Å². The molecular formula is C15H16BrNO2. The standard InChI is InChI=1S/C15H16BrNO2/c1-2-17-14(13-4-3-6-18-13)12-9-11(16)8-10-5-7-19-15(10)12/h3-4,6,8-9,14,17H,2,5,7H2,1H3. The summed E-state index contributed by atoms with van der Waals surface area (Å²) in [5.41, 5.74) is 2.40. The fourth-order valence-electron chi connectivity index (χ4n) is 2.54. The molecule has 2 aromatic rings. The van der Waals surface area contributed by atoms with E-state index in [4.69, 9.17) is 9.15 Å². The SMILES string of the molecule is CCNC(c1ccco1)c1cc(Br)cc2c1OCC2. The summed E-state index contributed by atoms with van der Waals surface area (Å²) in [6.45, 7) is 3.72. The third kappa shape index (κ3) is 2.42. The van der Waals surface area contributed by atoms with Crippen molar-refractivity contribution in [3.8, 4) is 5.75 Å². The van der Waals surface area contributed by atoms with Gasteiger partial charge in [0.05, 0.1) is 18.9 Å². The fraction of sp³-hybridized carbons (Fsp3) is 0.333. The number of hydrogen-bond donors (Lipinski definition) is 1. The lowest BCUT2D eigenvalue weighted by molar-refractivity contribution is 0.347. The third-order valence-corrected chi connectivity index (χ3v) is 3.78. The molecule has 1 aromatic carbocycles. The van der Waals surface area contributed by atoms with Crippen molar-refractivity contribution >= 4 is 15.9 Å². The lowest BCUT2D eigenvalue weighted by Gasteiger charge is -2.19. The van der Waals surface area contributed by atoms with Gasteiger partial charge in [-0.05, 0) is 36.4 Å². The highest BCUT2D eigenvalue weighted by atomic mass is 79.9. The molecule has 4 heteroatoms. The van der Waals surface area contributed by atoms with Crippen LogP contribution in [0.5, 0.6) is 5.75 Å². The van der Waals surface area contributed by atoms with Gasteiger partial charge in [0, 0.05) is 16.5 Å². The molecule has 3 nitrogen and oxygen atoms in total. The van der Waals surface area contributed by atoms with Crippen molar-refractivity contribution in [2.24, 2.45) is 0 Å². The summed E-state index contributed by atoms with van der Waals surface area (Å²) in [5, 5.41) is 3.46. The summed E-state index contributed by atoms with van der Waals surface area (Å²) >= 11 is 3.58. The first-order valence-corrected chi connectivity index (χ1v) is 7.30. The molecule has 100 valence electrons. The summed E-state index contributed by atoms with van der Waals surface area (Å²) in [6, 6.07) is 8.19. The Labute approximate surface area is 121 Å². The summed E-state index contributed by atoms with van der Waals surface area (Å²) in [4.78, 5) is 0. The maximum absolute atomic E-state index is 5.81. The van der Waals surface area contributed by atoms with E-state index in [1.54, 1.807) is 6.26 Å². The number of benzene rings is 1. The average molecular weight is 322 g/mol. The Morgan fingerprint density at radius 2 is 2.32 bits per heavy atom. The molecule has 1 aromatic heterocycles. The van der Waals surface area contributed by atoms with Crippen LogP contribution in [0.1, 0.15) is 29.9 Å². The number of hydrogen-bond acceptors (Lipinski definition) is 3. The first-order valence-electron chi connectivity index (χ1n) is 6.51. The van der Waals surface area contributed by atoms with Crippen molar-refractivity contribution in [3.05, 3.63) is 51.9 Å². The maximum atomic E-state index is 5.81. The van der Waals surface area contributed by atoms with E-state index < -0.39 is 0 Å². The number of ether oxygens (including phenoxy) is 1. The molecule has 1 unspecified atom stereocenters. The molecule has 0 radical (unpaired) electrons. The number of nitrogens with one attached hydrogen (secondary N) is 1. The van der Waals surface area contributed by atoms with E-state index in [0.29, 0.717) is 0 Å². The van der Waals surface area contributed by atoms with Gasteiger partial charge in [-0.15, -0.1) is 0 Å². The highest BCUT2D eigenvalue weighted by Gasteiger charge is 2.25. The lowest BCUT2D eigenvalue weighted by atomic mass is 10.00. The number of furan rings is 1. The van der Waals surface area contributed by atoms with E-state index in [2.05, 4.69) is 40.3 Å². The minimum absolute atomic E-state index is 0.0318. The van der Waals surface area contributed by atoms with Crippen LogP contribution in [-0.2, 0) is 6.42 Å². The molecule has 2 heterocycles. The molecule has 0 bridgehead atoms. The Morgan fingerprint density at radius 3 is 3.05 bits per heavy atom. The second-order valence-corrected chi connectivity index (χ2v) is 5.50. The first kappa shape index (κ1) is 12.8. The van der Waals surface area contributed by atoms with E-state index >= 15 is 0 Å². The van der Waals surface area contributed by atoms with Gasteiger partial charge < -0.3 is 14.5 Å². The zero-order chi connectivity index (χ0) is 13.2. The smallest absolute Gasteiger partial charge is 0.127 e. The predicted octanol–water partition coefficient (Wildman–Crippen LogP) is 3.68. The molecule has 0 saturated carbocycles. The van der Waals surface area contributed by atoms with E-state index in [-0.39, 0.29) is 6.04 Å². The monoisotopic (exact) mass is 321 g/mol. The normalized spacial score (nSPS) is 15.1. The number of fused-ring (bicyclic) bond motifs is 1. The minimum Gasteiger partial charge on any atom is -0.493 e. The van der Waals surface area contributed by atoms with Crippen LogP contribution >= 0.6 is 15.9 Å². The van der Waals surface area contributed by atoms with Gasteiger partial charge in [0.2, 0.25) is 0 Å². The third-order valence-electron chi connectivity index (χ3n) is 3.32. The van der Waals surface area contributed by atoms with Gasteiger partial charge in [-0.1, -0.05) is 22.9 Å². The maximum Gasteiger partial charge on any atom is 0.127 e. The molecule has 0 spiro atoms. The topological polar surface area (TPSA) is 34.4 Å². The van der Waals surface area contributed by atoms with E-state index in [0.717, 1.165) is 41.1 Å². The molecule has 0 saturated heterocycles. The van der Waals surface area contributed by atoms with Gasteiger partial charge in [-0.3, -0.25) is 0 Å². The zero-order valence-electron chi connectivity index (χ0n) is 10.8. The Balaban J connectivity index is 2.08. The van der Waals surface area contributed by atoms with Crippen LogP contribution in [0.15, 0.2) is 39.4 Å². The highest BCUT2D eigenvalue weighted by molar-refractivity contribution is 9.10. The van der Waals surface area contributed by atoms with Gasteiger partial charge in [0.1, 0.15) is 11.5 Å². The molecule has 19 heavy (non-hydrogen) atoms. The second-order valence-electron chi connectivity index (χ2n) is 4.59. The van der Waals surface area contributed by atoms with E-state index in [9.17, 15) is 0 Å². The molecule has 1 aliphatic heterocycles. The molecule has 1 N–H and O–H groups in total. The summed E-state index contributed by atoms with van der Waals surface area (Å²) in [6.07, 6.45) is 2.68. The Morgan fingerprint density at radius 1 is 1.42 bits per heavy atom. The minimum atomic E-state index is 0.0318. The molecule has 3 rings (SSSR count). The predicted molar refractivity (Wildman–Crippen MR) is 77.6 cm³/mol. The van der Waals surface area contributed by atoms with Crippen molar-refractivity contribution < 1.29 is 9.15 Å². The van der Waals surface area contributed by atoms with Gasteiger partial charge in [0.25, 0.3) is 0 Å². The lowest BCUT2D eigenvalue weighted by Crippen LogP contribution is -2.22. The molecule has 1 aliphatic rings. The van der Waals surface area contributed by atoms with Gasteiger partial charge in [-0.2, -0.15) is 0 Å². The van der Waals surface area contributed by atoms with Crippen molar-refractivity contribution in [1.29, 1.82) is 0 Å². The summed E-state index contributed by atoms with van der Waals surface area (Å²) in [7, 11) is 0. The van der Waals surface area contributed by atoms with Crippen LogP contribution in [0.4, 0.5) is 0 Å². The Kier molecular flexibility index (Phi) is 3.62. The second kappa shape index (κ2) is 5.39. The van der Waals surface area contributed by atoms with Crippen molar-refractivity contribution in [2.75, 3.05) is 13.2 Å². The van der Waals surface area contributed by atoms with Crippen LogP contribution in [0.3, 0.4) is 0 Å².